The molecule has 4 rings (SSSR count). The number of nitrogens with zero attached hydrogens (tertiary/aromatic N) is 3. The van der Waals surface area contributed by atoms with Crippen LogP contribution >= 0.6 is 0 Å². The van der Waals surface area contributed by atoms with Crippen LogP contribution < -0.4 is 10.9 Å². The van der Waals surface area contributed by atoms with Crippen molar-refractivity contribution in [2.45, 2.75) is 20.4 Å². The molecule has 0 radical (unpaired) electrons. The predicted molar refractivity (Wildman–Crippen MR) is 114 cm³/mol. The van der Waals surface area contributed by atoms with Gasteiger partial charge in [0.2, 0.25) is 11.7 Å². The zero-order valence-electron chi connectivity index (χ0n) is 17.5. The molecule has 2 heterocycles. The first kappa shape index (κ1) is 22.0. The molecule has 10 heteroatoms. The number of anilines is 1. The molecule has 0 unspecified atom stereocenters. The highest BCUT2D eigenvalue weighted by Crippen LogP contribution is 2.23. The van der Waals surface area contributed by atoms with Crippen LogP contribution in [0.3, 0.4) is 0 Å². The highest BCUT2D eigenvalue weighted by Gasteiger charge is 2.20. The van der Waals surface area contributed by atoms with Crippen molar-refractivity contribution < 1.29 is 22.5 Å². The summed E-state index contributed by atoms with van der Waals surface area (Å²) in [5, 5.41) is 6.11. The van der Waals surface area contributed by atoms with Crippen LogP contribution in [0.5, 0.6) is 0 Å². The van der Waals surface area contributed by atoms with E-state index in [0.717, 1.165) is 22.8 Å². The molecule has 2 aromatic carbocycles. The van der Waals surface area contributed by atoms with Crippen molar-refractivity contribution in [3.63, 3.8) is 0 Å². The summed E-state index contributed by atoms with van der Waals surface area (Å²) in [6.45, 7) is 2.86. The molecular weight excluding hydrogens is 437 g/mol. The van der Waals surface area contributed by atoms with E-state index in [0.29, 0.717) is 16.8 Å². The third kappa shape index (κ3) is 4.54. The van der Waals surface area contributed by atoms with Crippen molar-refractivity contribution >= 4 is 11.6 Å². The van der Waals surface area contributed by atoms with Crippen LogP contribution in [0.15, 0.2) is 57.8 Å². The number of carbonyl (C=O) groups is 1. The molecule has 0 fully saturated rings. The van der Waals surface area contributed by atoms with E-state index in [9.17, 15) is 22.8 Å². The van der Waals surface area contributed by atoms with Crippen LogP contribution in [0.4, 0.5) is 18.9 Å². The van der Waals surface area contributed by atoms with Gasteiger partial charge < -0.3 is 14.4 Å². The maximum Gasteiger partial charge on any atom is 0.264 e. The Hall–Kier alpha value is -4.21. The molecular formula is C23H17F3N4O3. The van der Waals surface area contributed by atoms with E-state index in [1.807, 2.05) is 0 Å². The molecule has 1 N–H and O–H groups in total. The summed E-state index contributed by atoms with van der Waals surface area (Å²) >= 11 is 0. The normalized spacial score (nSPS) is 10.9. The summed E-state index contributed by atoms with van der Waals surface area (Å²) in [6, 6.07) is 9.76. The second-order valence-corrected chi connectivity index (χ2v) is 7.34. The van der Waals surface area contributed by atoms with E-state index in [-0.39, 0.29) is 23.0 Å². The molecule has 2 aromatic heterocycles. The summed E-state index contributed by atoms with van der Waals surface area (Å²) in [4.78, 5) is 29.9. The lowest BCUT2D eigenvalue weighted by molar-refractivity contribution is -0.116. The highest BCUT2D eigenvalue weighted by molar-refractivity contribution is 5.90. The van der Waals surface area contributed by atoms with Crippen molar-refractivity contribution in [2.24, 2.45) is 0 Å². The first-order valence-corrected chi connectivity index (χ1v) is 9.79. The van der Waals surface area contributed by atoms with Crippen LogP contribution in [0.25, 0.3) is 22.8 Å². The molecule has 0 bridgehead atoms. The summed E-state index contributed by atoms with van der Waals surface area (Å²) < 4.78 is 46.8. The lowest BCUT2D eigenvalue weighted by Gasteiger charge is -2.13. The van der Waals surface area contributed by atoms with Gasteiger partial charge in [-0.05, 0) is 61.9 Å². The number of halogens is 3. The molecule has 0 atom stereocenters. The zero-order chi connectivity index (χ0) is 23.7. The van der Waals surface area contributed by atoms with E-state index in [1.165, 1.54) is 24.3 Å². The van der Waals surface area contributed by atoms with Crippen LogP contribution in [-0.4, -0.2) is 20.6 Å². The Balaban J connectivity index is 1.65. The van der Waals surface area contributed by atoms with E-state index >= 15 is 0 Å². The molecule has 0 saturated heterocycles. The van der Waals surface area contributed by atoms with Gasteiger partial charge in [0.25, 0.3) is 11.4 Å². The number of hydrogen-bond donors (Lipinski definition) is 1. The highest BCUT2D eigenvalue weighted by atomic mass is 19.1. The number of aryl methyl sites for hydroxylation is 2. The van der Waals surface area contributed by atoms with E-state index in [2.05, 4.69) is 15.5 Å². The minimum atomic E-state index is -0.808. The van der Waals surface area contributed by atoms with Gasteiger partial charge in [-0.3, -0.25) is 9.59 Å². The molecule has 0 aliphatic carbocycles. The third-order valence-electron chi connectivity index (χ3n) is 4.95. The first-order chi connectivity index (χ1) is 15.7. The number of rotatable bonds is 5. The number of nitrogens with one attached hydrogen (secondary N) is 1. The van der Waals surface area contributed by atoms with Crippen molar-refractivity contribution in [2.75, 3.05) is 5.32 Å². The second kappa shape index (κ2) is 8.73. The quantitative estimate of drug-likeness (QED) is 0.487. The average Bonchev–Trinajstić information content (AvgIpc) is 3.24. The van der Waals surface area contributed by atoms with Crippen molar-refractivity contribution in [1.29, 1.82) is 0 Å². The fourth-order valence-corrected chi connectivity index (χ4v) is 3.35. The SMILES string of the molecule is Cc1cc(C)n(CC(=O)Nc2cc(F)ccc2F)c(=O)c1-c1nc(-c2ccc(F)cc2)no1. The Bertz CT molecular complexity index is 1410. The van der Waals surface area contributed by atoms with Gasteiger partial charge in [-0.15, -0.1) is 0 Å². The lowest BCUT2D eigenvalue weighted by Crippen LogP contribution is -2.31. The number of carbonyl (C=O) groups excluding carboxylic acids is 1. The third-order valence-corrected chi connectivity index (χ3v) is 4.95. The van der Waals surface area contributed by atoms with E-state index in [4.69, 9.17) is 4.52 Å². The standard InChI is InChI=1S/C23H17F3N4O3/c1-12-9-13(2)30(11-19(31)27-18-10-16(25)7-8-17(18)26)23(32)20(12)22-28-21(29-33-22)14-3-5-15(24)6-4-14/h3-10H,11H2,1-2H3,(H,27,31). The maximum absolute atomic E-state index is 13.8. The fourth-order valence-electron chi connectivity index (χ4n) is 3.35. The monoisotopic (exact) mass is 454 g/mol. The Morgan fingerprint density at radius 1 is 1.03 bits per heavy atom. The van der Waals surface area contributed by atoms with Gasteiger partial charge in [0.15, 0.2) is 0 Å². The minimum absolute atomic E-state index is 0.0674. The lowest BCUT2D eigenvalue weighted by atomic mass is 10.1. The van der Waals surface area contributed by atoms with Gasteiger partial charge in [-0.2, -0.15) is 4.98 Å². The van der Waals surface area contributed by atoms with Crippen LogP contribution in [0, 0.1) is 31.3 Å². The van der Waals surface area contributed by atoms with Gasteiger partial charge in [0.1, 0.15) is 29.6 Å². The van der Waals surface area contributed by atoms with Crippen molar-refractivity contribution in [3.8, 4) is 22.8 Å². The van der Waals surface area contributed by atoms with Gasteiger partial charge in [-0.1, -0.05) is 5.16 Å². The van der Waals surface area contributed by atoms with Gasteiger partial charge in [0, 0.05) is 17.3 Å². The van der Waals surface area contributed by atoms with Crippen LogP contribution in [0.2, 0.25) is 0 Å². The number of amides is 1. The smallest absolute Gasteiger partial charge is 0.264 e. The van der Waals surface area contributed by atoms with Crippen molar-refractivity contribution in [3.05, 3.63) is 87.6 Å². The predicted octanol–water partition coefficient (Wildman–Crippen LogP) is 4.24. The molecule has 0 aliphatic rings. The van der Waals surface area contributed by atoms with Gasteiger partial charge >= 0.3 is 0 Å². The Morgan fingerprint density at radius 3 is 2.45 bits per heavy atom. The largest absolute Gasteiger partial charge is 0.333 e. The molecule has 0 spiro atoms. The molecule has 4 aromatic rings. The molecule has 0 saturated carbocycles. The topological polar surface area (TPSA) is 90.0 Å². The molecule has 33 heavy (non-hydrogen) atoms. The molecule has 1 amide bonds. The Labute approximate surface area is 185 Å². The van der Waals surface area contributed by atoms with Crippen molar-refractivity contribution in [1.82, 2.24) is 14.7 Å². The van der Waals surface area contributed by atoms with Gasteiger partial charge in [0.05, 0.1) is 5.69 Å². The second-order valence-electron chi connectivity index (χ2n) is 7.34. The van der Waals surface area contributed by atoms with Crippen LogP contribution in [-0.2, 0) is 11.3 Å². The van der Waals surface area contributed by atoms with E-state index in [1.54, 1.807) is 19.9 Å². The number of benzene rings is 2. The number of pyridine rings is 1. The van der Waals surface area contributed by atoms with E-state index < -0.39 is 35.5 Å². The Kier molecular flexibility index (Phi) is 5.82. The summed E-state index contributed by atoms with van der Waals surface area (Å²) in [6.07, 6.45) is 0. The first-order valence-electron chi connectivity index (χ1n) is 9.79. The van der Waals surface area contributed by atoms with Crippen LogP contribution in [0.1, 0.15) is 11.3 Å². The van der Waals surface area contributed by atoms with Gasteiger partial charge in [-0.25, -0.2) is 13.2 Å². The Morgan fingerprint density at radius 2 is 1.73 bits per heavy atom. The summed E-state index contributed by atoms with van der Waals surface area (Å²) in [5.41, 5.74) is 0.684. The molecule has 168 valence electrons. The molecule has 0 aliphatic heterocycles. The maximum atomic E-state index is 13.8. The fraction of sp³-hybridized carbons (Fsp3) is 0.130. The zero-order valence-corrected chi connectivity index (χ0v) is 17.5. The average molecular weight is 454 g/mol. The molecule has 7 nitrogen and oxygen atoms in total. The minimum Gasteiger partial charge on any atom is -0.333 e. The summed E-state index contributed by atoms with van der Waals surface area (Å²) in [7, 11) is 0. The summed E-state index contributed by atoms with van der Waals surface area (Å²) in [5.74, 6) is -2.57. The number of hydrogen-bond acceptors (Lipinski definition) is 5. The number of aromatic nitrogens is 3.